The van der Waals surface area contributed by atoms with Crippen molar-refractivity contribution in [2.45, 2.75) is 26.7 Å². The van der Waals surface area contributed by atoms with Gasteiger partial charge in [-0.05, 0) is 38.5 Å². The molecule has 2 aromatic heterocycles. The number of nitrogens with zero attached hydrogens (tertiary/aromatic N) is 2. The number of hydrogen-bond donors (Lipinski definition) is 0. The number of aromatic nitrogens is 2. The number of hydrogen-bond acceptors (Lipinski definition) is 3. The first-order valence-electron chi connectivity index (χ1n) is 6.47. The van der Waals surface area contributed by atoms with Gasteiger partial charge < -0.3 is 4.42 Å². The summed E-state index contributed by atoms with van der Waals surface area (Å²) in [4.78, 5) is 8.61. The smallest absolute Gasteiger partial charge is 0.134 e. The van der Waals surface area contributed by atoms with Crippen LogP contribution in [-0.4, -0.2) is 9.97 Å². The van der Waals surface area contributed by atoms with Gasteiger partial charge in [-0.2, -0.15) is 0 Å². The summed E-state index contributed by atoms with van der Waals surface area (Å²) in [6.07, 6.45) is 5.34. The molecule has 3 heteroatoms. The van der Waals surface area contributed by atoms with Gasteiger partial charge >= 0.3 is 0 Å². The van der Waals surface area contributed by atoms with Crippen molar-refractivity contribution in [3.63, 3.8) is 0 Å². The van der Waals surface area contributed by atoms with E-state index in [0.29, 0.717) is 0 Å². The number of benzene rings is 1. The van der Waals surface area contributed by atoms with E-state index in [1.54, 1.807) is 6.20 Å². The topological polar surface area (TPSA) is 38.9 Å². The molecule has 0 atom stereocenters. The van der Waals surface area contributed by atoms with E-state index in [0.717, 1.165) is 35.6 Å². The fourth-order valence-corrected chi connectivity index (χ4v) is 2.14. The molecule has 0 aliphatic heterocycles. The second-order valence-electron chi connectivity index (χ2n) is 4.90. The monoisotopic (exact) mass is 252 g/mol. The van der Waals surface area contributed by atoms with Crippen LogP contribution in [0.4, 0.5) is 0 Å². The summed E-state index contributed by atoms with van der Waals surface area (Å²) in [5, 5.41) is 1.17. The Morgan fingerprint density at radius 3 is 2.68 bits per heavy atom. The van der Waals surface area contributed by atoms with Crippen LogP contribution in [-0.2, 0) is 12.8 Å². The second-order valence-corrected chi connectivity index (χ2v) is 4.90. The largest absolute Gasteiger partial charge is 0.461 e. The molecule has 2 heterocycles. The molecule has 3 aromatic rings. The third kappa shape index (κ3) is 2.65. The third-order valence-electron chi connectivity index (χ3n) is 3.18. The average molecular weight is 252 g/mol. The predicted octanol–water partition coefficient (Wildman–Crippen LogP) is 3.62. The van der Waals surface area contributed by atoms with E-state index in [-0.39, 0.29) is 0 Å². The highest BCUT2D eigenvalue weighted by Crippen LogP contribution is 2.21. The summed E-state index contributed by atoms with van der Waals surface area (Å²) in [6.45, 7) is 4.03. The quantitative estimate of drug-likeness (QED) is 0.714. The molecule has 19 heavy (non-hydrogen) atoms. The van der Waals surface area contributed by atoms with E-state index < -0.39 is 0 Å². The predicted molar refractivity (Wildman–Crippen MR) is 75.1 cm³/mol. The first-order chi connectivity index (χ1) is 9.20. The van der Waals surface area contributed by atoms with Gasteiger partial charge in [0.2, 0.25) is 0 Å². The Balaban J connectivity index is 1.76. The number of furan rings is 1. The van der Waals surface area contributed by atoms with Crippen molar-refractivity contribution in [2.24, 2.45) is 0 Å². The normalized spacial score (nSPS) is 11.1. The van der Waals surface area contributed by atoms with E-state index >= 15 is 0 Å². The summed E-state index contributed by atoms with van der Waals surface area (Å²) in [7, 11) is 0. The Labute approximate surface area is 112 Å². The van der Waals surface area contributed by atoms with Crippen molar-refractivity contribution in [3.8, 4) is 0 Å². The SMILES string of the molecule is Cc1ccc2oc(CCc3cnc(C)cn3)cc2c1. The molecule has 0 saturated carbocycles. The van der Waals surface area contributed by atoms with Crippen LogP contribution in [0.1, 0.15) is 22.7 Å². The van der Waals surface area contributed by atoms with Crippen molar-refractivity contribution >= 4 is 11.0 Å². The Morgan fingerprint density at radius 2 is 1.89 bits per heavy atom. The summed E-state index contributed by atoms with van der Waals surface area (Å²) in [5.74, 6) is 1.00. The molecular weight excluding hydrogens is 236 g/mol. The Bertz CT molecular complexity index is 698. The van der Waals surface area contributed by atoms with Crippen molar-refractivity contribution < 1.29 is 4.42 Å². The summed E-state index contributed by atoms with van der Waals surface area (Å²) in [5.41, 5.74) is 4.16. The van der Waals surface area contributed by atoms with Crippen LogP contribution in [0.25, 0.3) is 11.0 Å². The number of fused-ring (bicyclic) bond motifs is 1. The maximum Gasteiger partial charge on any atom is 0.134 e. The van der Waals surface area contributed by atoms with Crippen LogP contribution < -0.4 is 0 Å². The van der Waals surface area contributed by atoms with Gasteiger partial charge in [0.05, 0.1) is 11.4 Å². The van der Waals surface area contributed by atoms with Crippen molar-refractivity contribution in [1.29, 1.82) is 0 Å². The zero-order valence-electron chi connectivity index (χ0n) is 11.2. The van der Waals surface area contributed by atoms with Gasteiger partial charge in [0.1, 0.15) is 11.3 Å². The van der Waals surface area contributed by atoms with Crippen molar-refractivity contribution in [2.75, 3.05) is 0 Å². The molecule has 0 aliphatic rings. The molecule has 1 aromatic carbocycles. The lowest BCUT2D eigenvalue weighted by Gasteiger charge is -1.98. The van der Waals surface area contributed by atoms with Crippen molar-refractivity contribution in [3.05, 3.63) is 59.4 Å². The van der Waals surface area contributed by atoms with Gasteiger partial charge in [-0.3, -0.25) is 9.97 Å². The average Bonchev–Trinajstić information content (AvgIpc) is 2.80. The minimum absolute atomic E-state index is 0.853. The lowest BCUT2D eigenvalue weighted by atomic mass is 10.1. The molecule has 0 bridgehead atoms. The molecule has 3 nitrogen and oxygen atoms in total. The van der Waals surface area contributed by atoms with E-state index in [9.17, 15) is 0 Å². The number of aryl methyl sites for hydroxylation is 4. The molecule has 3 rings (SSSR count). The van der Waals surface area contributed by atoms with Gasteiger partial charge in [-0.15, -0.1) is 0 Å². The molecule has 0 spiro atoms. The Hall–Kier alpha value is -2.16. The zero-order chi connectivity index (χ0) is 13.2. The summed E-state index contributed by atoms with van der Waals surface area (Å²) in [6, 6.07) is 8.36. The third-order valence-corrected chi connectivity index (χ3v) is 3.18. The van der Waals surface area contributed by atoms with E-state index in [1.165, 1.54) is 10.9 Å². The molecular formula is C16H16N2O. The molecule has 0 radical (unpaired) electrons. The highest BCUT2D eigenvalue weighted by Gasteiger charge is 2.05. The minimum Gasteiger partial charge on any atom is -0.461 e. The Kier molecular flexibility index (Phi) is 3.03. The molecule has 0 aliphatic carbocycles. The minimum atomic E-state index is 0.853. The molecule has 0 fully saturated rings. The highest BCUT2D eigenvalue weighted by molar-refractivity contribution is 5.78. The van der Waals surface area contributed by atoms with Gasteiger partial charge in [0, 0.05) is 24.2 Å². The molecule has 0 unspecified atom stereocenters. The van der Waals surface area contributed by atoms with E-state index in [1.807, 2.05) is 19.2 Å². The molecule has 0 amide bonds. The van der Waals surface area contributed by atoms with Crippen LogP contribution in [0.15, 0.2) is 41.1 Å². The van der Waals surface area contributed by atoms with Crippen LogP contribution in [0.2, 0.25) is 0 Å². The van der Waals surface area contributed by atoms with Crippen LogP contribution in [0.3, 0.4) is 0 Å². The fourth-order valence-electron chi connectivity index (χ4n) is 2.14. The maximum atomic E-state index is 5.82. The number of rotatable bonds is 3. The Morgan fingerprint density at radius 1 is 1.00 bits per heavy atom. The first-order valence-corrected chi connectivity index (χ1v) is 6.47. The van der Waals surface area contributed by atoms with Crippen LogP contribution >= 0.6 is 0 Å². The lowest BCUT2D eigenvalue weighted by molar-refractivity contribution is 0.546. The van der Waals surface area contributed by atoms with E-state index in [2.05, 4.69) is 35.1 Å². The van der Waals surface area contributed by atoms with Gasteiger partial charge in [-0.25, -0.2) is 0 Å². The fraction of sp³-hybridized carbons (Fsp3) is 0.250. The molecule has 96 valence electrons. The highest BCUT2D eigenvalue weighted by atomic mass is 16.3. The molecule has 0 N–H and O–H groups in total. The molecule has 0 saturated heterocycles. The van der Waals surface area contributed by atoms with Crippen molar-refractivity contribution in [1.82, 2.24) is 9.97 Å². The van der Waals surface area contributed by atoms with Crippen LogP contribution in [0.5, 0.6) is 0 Å². The zero-order valence-corrected chi connectivity index (χ0v) is 11.2. The lowest BCUT2D eigenvalue weighted by Crippen LogP contribution is -1.95. The van der Waals surface area contributed by atoms with E-state index in [4.69, 9.17) is 4.42 Å². The van der Waals surface area contributed by atoms with Gasteiger partial charge in [-0.1, -0.05) is 11.6 Å². The standard InChI is InChI=1S/C16H16N2O/c1-11-3-6-16-13(7-11)8-15(19-16)5-4-14-10-17-12(2)9-18-14/h3,6-10H,4-5H2,1-2H3. The second kappa shape index (κ2) is 4.84. The summed E-state index contributed by atoms with van der Waals surface area (Å²) >= 11 is 0. The van der Waals surface area contributed by atoms with Gasteiger partial charge in [0.15, 0.2) is 0 Å². The maximum absolute atomic E-state index is 5.82. The first kappa shape index (κ1) is 11.9. The van der Waals surface area contributed by atoms with Crippen LogP contribution in [0, 0.1) is 13.8 Å². The van der Waals surface area contributed by atoms with Gasteiger partial charge in [0.25, 0.3) is 0 Å². The summed E-state index contributed by atoms with van der Waals surface area (Å²) < 4.78 is 5.82.